The van der Waals surface area contributed by atoms with Gasteiger partial charge in [0.25, 0.3) is 0 Å². The van der Waals surface area contributed by atoms with Crippen LogP contribution in [0.4, 0.5) is 19.1 Å². The molecule has 2 aromatic heterocycles. The number of benzene rings is 1. The van der Waals surface area contributed by atoms with Gasteiger partial charge in [-0.05, 0) is 30.0 Å². The molecule has 0 unspecified atom stereocenters. The summed E-state index contributed by atoms with van der Waals surface area (Å²) < 4.78 is 38.1. The Morgan fingerprint density at radius 2 is 2.00 bits per heavy atom. The predicted octanol–water partition coefficient (Wildman–Crippen LogP) is 3.11. The van der Waals surface area contributed by atoms with Crippen LogP contribution in [0, 0.1) is 0 Å². The van der Waals surface area contributed by atoms with E-state index in [1.165, 1.54) is 24.0 Å². The predicted molar refractivity (Wildman–Crippen MR) is 71.7 cm³/mol. The Kier molecular flexibility index (Phi) is 3.20. The molecule has 0 fully saturated rings. The molecule has 0 radical (unpaired) electrons. The quantitative estimate of drug-likeness (QED) is 0.760. The summed E-state index contributed by atoms with van der Waals surface area (Å²) in [5, 5.41) is 7.36. The second kappa shape index (κ2) is 4.92. The highest BCUT2D eigenvalue weighted by atomic mass is 32.2. The van der Waals surface area contributed by atoms with E-state index in [2.05, 4.69) is 20.2 Å². The molecule has 0 atom stereocenters. The first kappa shape index (κ1) is 13.7. The smallest absolute Gasteiger partial charge is 0.368 e. The molecule has 108 valence electrons. The van der Waals surface area contributed by atoms with Gasteiger partial charge in [0.15, 0.2) is 0 Å². The SMILES string of the molecule is Nc1nc(Sc2ccnc3cc(C(F)(F)F)ccc23)n[nH]1. The molecule has 21 heavy (non-hydrogen) atoms. The molecule has 0 amide bonds. The summed E-state index contributed by atoms with van der Waals surface area (Å²) in [7, 11) is 0. The minimum absolute atomic E-state index is 0.176. The maximum atomic E-state index is 12.7. The van der Waals surface area contributed by atoms with Gasteiger partial charge >= 0.3 is 6.18 Å². The van der Waals surface area contributed by atoms with Crippen LogP contribution in [0.2, 0.25) is 0 Å². The number of nitrogens with one attached hydrogen (secondary N) is 1. The topological polar surface area (TPSA) is 80.5 Å². The molecule has 0 aliphatic heterocycles. The highest BCUT2D eigenvalue weighted by Crippen LogP contribution is 2.35. The summed E-state index contributed by atoms with van der Waals surface area (Å²) in [6.45, 7) is 0. The fourth-order valence-electron chi connectivity index (χ4n) is 1.79. The Hall–Kier alpha value is -2.29. The second-order valence-corrected chi connectivity index (χ2v) is 5.15. The van der Waals surface area contributed by atoms with Crippen molar-refractivity contribution in [3.8, 4) is 0 Å². The van der Waals surface area contributed by atoms with Crippen molar-refractivity contribution in [3.63, 3.8) is 0 Å². The number of aromatic nitrogens is 4. The molecule has 2 heterocycles. The number of pyridine rings is 1. The standard InChI is InChI=1S/C12H8F3N5S/c13-12(14,15)6-1-2-7-8(5-6)17-4-3-9(7)21-11-18-10(16)19-20-11/h1-5H,(H3,16,18,19,20). The number of nitrogen functional groups attached to an aromatic ring is 1. The second-order valence-electron chi connectivity index (χ2n) is 4.14. The number of aromatic amines is 1. The molecule has 9 heteroatoms. The molecule has 3 aromatic rings. The van der Waals surface area contributed by atoms with Gasteiger partial charge in [-0.3, -0.25) is 4.98 Å². The number of alkyl halides is 3. The van der Waals surface area contributed by atoms with E-state index in [4.69, 9.17) is 5.73 Å². The van der Waals surface area contributed by atoms with Gasteiger partial charge in [-0.1, -0.05) is 6.07 Å². The first-order valence-corrected chi connectivity index (χ1v) is 6.57. The van der Waals surface area contributed by atoms with Crippen molar-refractivity contribution in [3.05, 3.63) is 36.0 Å². The van der Waals surface area contributed by atoms with Crippen LogP contribution >= 0.6 is 11.8 Å². The molecular weight excluding hydrogens is 303 g/mol. The van der Waals surface area contributed by atoms with Crippen LogP contribution < -0.4 is 5.73 Å². The zero-order valence-corrected chi connectivity index (χ0v) is 11.2. The first-order valence-electron chi connectivity index (χ1n) is 5.75. The number of H-pyrrole nitrogens is 1. The third kappa shape index (κ3) is 2.77. The van der Waals surface area contributed by atoms with Crippen LogP contribution in [0.1, 0.15) is 5.56 Å². The third-order valence-corrected chi connectivity index (χ3v) is 3.65. The summed E-state index contributed by atoms with van der Waals surface area (Å²) in [6.07, 6.45) is -2.95. The van der Waals surface area contributed by atoms with Gasteiger partial charge in [-0.15, -0.1) is 5.10 Å². The molecule has 0 spiro atoms. The summed E-state index contributed by atoms with van der Waals surface area (Å²) in [4.78, 5) is 8.62. The molecule has 3 N–H and O–H groups in total. The van der Waals surface area contributed by atoms with Gasteiger partial charge in [0.2, 0.25) is 11.1 Å². The zero-order chi connectivity index (χ0) is 15.0. The van der Waals surface area contributed by atoms with Crippen LogP contribution in [0.3, 0.4) is 0 Å². The number of fused-ring (bicyclic) bond motifs is 1. The molecule has 1 aromatic carbocycles. The van der Waals surface area contributed by atoms with Crippen molar-refractivity contribution in [2.75, 3.05) is 5.73 Å². The minimum atomic E-state index is -4.39. The van der Waals surface area contributed by atoms with Gasteiger partial charge in [0.05, 0.1) is 11.1 Å². The number of nitrogens with two attached hydrogens (primary N) is 1. The number of hydrogen-bond acceptors (Lipinski definition) is 5. The fraction of sp³-hybridized carbons (Fsp3) is 0.0833. The highest BCUT2D eigenvalue weighted by molar-refractivity contribution is 7.99. The van der Waals surface area contributed by atoms with Crippen molar-refractivity contribution < 1.29 is 13.2 Å². The van der Waals surface area contributed by atoms with E-state index in [-0.39, 0.29) is 11.5 Å². The van der Waals surface area contributed by atoms with E-state index < -0.39 is 11.7 Å². The van der Waals surface area contributed by atoms with Crippen LogP contribution in [0.5, 0.6) is 0 Å². The van der Waals surface area contributed by atoms with E-state index in [0.29, 0.717) is 15.4 Å². The maximum absolute atomic E-state index is 12.7. The van der Waals surface area contributed by atoms with Gasteiger partial charge in [0.1, 0.15) is 0 Å². The lowest BCUT2D eigenvalue weighted by molar-refractivity contribution is -0.137. The number of rotatable bonds is 2. The monoisotopic (exact) mass is 311 g/mol. The van der Waals surface area contributed by atoms with E-state index in [0.717, 1.165) is 12.1 Å². The Labute approximate surface area is 120 Å². The van der Waals surface area contributed by atoms with Crippen LogP contribution in [0.25, 0.3) is 10.9 Å². The fourth-order valence-corrected chi connectivity index (χ4v) is 2.63. The number of hydrogen-bond donors (Lipinski definition) is 2. The lowest BCUT2D eigenvalue weighted by Crippen LogP contribution is -2.04. The molecule has 0 saturated carbocycles. The average molecular weight is 311 g/mol. The molecule has 0 aliphatic rings. The number of nitrogens with zero attached hydrogens (tertiary/aromatic N) is 3. The third-order valence-electron chi connectivity index (χ3n) is 2.71. The first-order chi connectivity index (χ1) is 9.93. The normalized spacial score (nSPS) is 12.0. The highest BCUT2D eigenvalue weighted by Gasteiger charge is 2.30. The van der Waals surface area contributed by atoms with Crippen molar-refractivity contribution >= 4 is 28.6 Å². The van der Waals surface area contributed by atoms with Crippen molar-refractivity contribution in [1.29, 1.82) is 0 Å². The summed E-state index contributed by atoms with van der Waals surface area (Å²) >= 11 is 1.20. The van der Waals surface area contributed by atoms with Gasteiger partial charge in [0, 0.05) is 16.5 Å². The molecule has 0 saturated heterocycles. The van der Waals surface area contributed by atoms with Crippen LogP contribution in [-0.2, 0) is 6.18 Å². The molecule has 0 bridgehead atoms. The van der Waals surface area contributed by atoms with Gasteiger partial charge in [-0.25, -0.2) is 5.10 Å². The Morgan fingerprint density at radius 1 is 1.19 bits per heavy atom. The lowest BCUT2D eigenvalue weighted by atomic mass is 10.1. The summed E-state index contributed by atoms with van der Waals surface area (Å²) in [5.41, 5.74) is 4.97. The lowest BCUT2D eigenvalue weighted by Gasteiger charge is -2.08. The summed E-state index contributed by atoms with van der Waals surface area (Å²) in [6, 6.07) is 5.13. The van der Waals surface area contributed by atoms with Crippen LogP contribution in [-0.4, -0.2) is 20.2 Å². The molecule has 0 aliphatic carbocycles. The maximum Gasteiger partial charge on any atom is 0.416 e. The van der Waals surface area contributed by atoms with Crippen molar-refractivity contribution in [2.45, 2.75) is 16.2 Å². The molecule has 5 nitrogen and oxygen atoms in total. The van der Waals surface area contributed by atoms with E-state index in [9.17, 15) is 13.2 Å². The minimum Gasteiger partial charge on any atom is -0.368 e. The van der Waals surface area contributed by atoms with E-state index in [1.807, 2.05) is 0 Å². The Balaban J connectivity index is 2.04. The largest absolute Gasteiger partial charge is 0.416 e. The Bertz CT molecular complexity index is 799. The zero-order valence-electron chi connectivity index (χ0n) is 10.3. The molecular formula is C12H8F3N5S. The average Bonchev–Trinajstić information content (AvgIpc) is 2.83. The number of halogens is 3. The van der Waals surface area contributed by atoms with Gasteiger partial charge in [-0.2, -0.15) is 18.2 Å². The van der Waals surface area contributed by atoms with E-state index >= 15 is 0 Å². The van der Waals surface area contributed by atoms with Crippen LogP contribution in [0.15, 0.2) is 40.5 Å². The molecule has 3 rings (SSSR count). The Morgan fingerprint density at radius 3 is 2.67 bits per heavy atom. The van der Waals surface area contributed by atoms with E-state index in [1.54, 1.807) is 6.07 Å². The van der Waals surface area contributed by atoms with Gasteiger partial charge < -0.3 is 5.73 Å². The number of anilines is 1. The summed E-state index contributed by atoms with van der Waals surface area (Å²) in [5.74, 6) is 0.176. The van der Waals surface area contributed by atoms with Crippen molar-refractivity contribution in [2.24, 2.45) is 0 Å². The van der Waals surface area contributed by atoms with Crippen molar-refractivity contribution in [1.82, 2.24) is 20.2 Å².